The Balaban J connectivity index is 0.000000172. The minimum Gasteiger partial charge on any atom is -0.328 e. The van der Waals surface area contributed by atoms with Crippen molar-refractivity contribution in [3.8, 4) is 0 Å². The Morgan fingerprint density at radius 3 is 1.80 bits per heavy atom. The van der Waals surface area contributed by atoms with Gasteiger partial charge in [0.1, 0.15) is 0 Å². The average molecular weight is 169 g/mol. The highest BCUT2D eigenvalue weighted by atomic mass is 32.3. The lowest BCUT2D eigenvalue weighted by molar-refractivity contribution is 0.324. The highest BCUT2D eigenvalue weighted by Crippen LogP contribution is 2.13. The molecule has 0 radical (unpaired) electrons. The van der Waals surface area contributed by atoms with Crippen LogP contribution in [0.25, 0.3) is 0 Å². The van der Waals surface area contributed by atoms with Crippen molar-refractivity contribution in [2.24, 2.45) is 5.73 Å². The molecule has 62 valence electrons. The molecule has 1 aliphatic carbocycles. The standard InChI is InChI=1S/C3H7N.CH4O4S/c4-3-1-2-3;1-5-6(2,3)4/h3H,1-2,4H2;1H3,(H,2,3,4). The summed E-state index contributed by atoms with van der Waals surface area (Å²) >= 11 is 0. The molecule has 1 rings (SSSR count). The number of hydrogen-bond donors (Lipinski definition) is 2. The van der Waals surface area contributed by atoms with Crippen LogP contribution in [-0.4, -0.2) is 26.1 Å². The molecule has 1 fully saturated rings. The van der Waals surface area contributed by atoms with E-state index in [1.165, 1.54) is 12.8 Å². The van der Waals surface area contributed by atoms with Crippen LogP contribution in [0.4, 0.5) is 0 Å². The largest absolute Gasteiger partial charge is 0.397 e. The van der Waals surface area contributed by atoms with Gasteiger partial charge in [0, 0.05) is 6.04 Å². The van der Waals surface area contributed by atoms with Crippen LogP contribution in [0.1, 0.15) is 12.8 Å². The molecule has 0 amide bonds. The molecule has 0 spiro atoms. The van der Waals surface area contributed by atoms with Gasteiger partial charge in [-0.25, -0.2) is 0 Å². The lowest BCUT2D eigenvalue weighted by atomic mass is 10.8. The van der Waals surface area contributed by atoms with Crippen LogP contribution in [-0.2, 0) is 14.6 Å². The van der Waals surface area contributed by atoms with Gasteiger partial charge in [-0.05, 0) is 12.8 Å². The van der Waals surface area contributed by atoms with Crippen LogP contribution < -0.4 is 5.73 Å². The lowest BCUT2D eigenvalue weighted by Crippen LogP contribution is -1.96. The van der Waals surface area contributed by atoms with Crippen LogP contribution >= 0.6 is 0 Å². The van der Waals surface area contributed by atoms with Gasteiger partial charge in [0.15, 0.2) is 0 Å². The Kier molecular flexibility index (Phi) is 3.80. The summed E-state index contributed by atoms with van der Waals surface area (Å²) in [5, 5.41) is 0. The summed E-state index contributed by atoms with van der Waals surface area (Å²) in [7, 11) is -3.29. The molecular formula is C4H11NO4S. The number of nitrogens with two attached hydrogens (primary N) is 1. The first-order chi connectivity index (χ1) is 4.45. The zero-order chi connectivity index (χ0) is 8.20. The van der Waals surface area contributed by atoms with Gasteiger partial charge < -0.3 is 5.73 Å². The van der Waals surface area contributed by atoms with E-state index in [1.807, 2.05) is 0 Å². The fraction of sp³-hybridized carbons (Fsp3) is 1.00. The van der Waals surface area contributed by atoms with Crippen LogP contribution in [0.15, 0.2) is 0 Å². The van der Waals surface area contributed by atoms with E-state index in [9.17, 15) is 8.42 Å². The van der Waals surface area contributed by atoms with Crippen LogP contribution in [0, 0.1) is 0 Å². The molecule has 0 aliphatic heterocycles. The van der Waals surface area contributed by atoms with Gasteiger partial charge in [-0.1, -0.05) is 0 Å². The molecule has 0 aromatic rings. The Labute approximate surface area is 60.1 Å². The predicted octanol–water partition coefficient (Wildman–Crippen LogP) is -0.457. The lowest BCUT2D eigenvalue weighted by Gasteiger charge is -1.82. The number of hydrogen-bond acceptors (Lipinski definition) is 4. The van der Waals surface area contributed by atoms with Crippen LogP contribution in [0.2, 0.25) is 0 Å². The van der Waals surface area contributed by atoms with Crippen molar-refractivity contribution in [1.29, 1.82) is 0 Å². The summed E-state index contributed by atoms with van der Waals surface area (Å²) in [6, 6.07) is 0.583. The molecule has 10 heavy (non-hydrogen) atoms. The SMILES string of the molecule is COS(=O)(=O)O.NC1CC1. The highest BCUT2D eigenvalue weighted by molar-refractivity contribution is 7.80. The Bertz CT molecular complexity index is 172. The first-order valence-electron chi connectivity index (χ1n) is 2.74. The van der Waals surface area contributed by atoms with Crippen molar-refractivity contribution in [3.63, 3.8) is 0 Å². The van der Waals surface area contributed by atoms with E-state index in [4.69, 9.17) is 10.3 Å². The highest BCUT2D eigenvalue weighted by Gasteiger charge is 2.13. The average Bonchev–Trinajstić information content (AvgIpc) is 2.51. The van der Waals surface area contributed by atoms with Gasteiger partial charge in [0.2, 0.25) is 0 Å². The van der Waals surface area contributed by atoms with Crippen molar-refractivity contribution >= 4 is 10.4 Å². The van der Waals surface area contributed by atoms with Crippen molar-refractivity contribution in [2.45, 2.75) is 18.9 Å². The summed E-state index contributed by atoms with van der Waals surface area (Å²) in [6.07, 6.45) is 2.53. The van der Waals surface area contributed by atoms with E-state index in [0.29, 0.717) is 6.04 Å². The van der Waals surface area contributed by atoms with E-state index in [2.05, 4.69) is 4.18 Å². The quantitative estimate of drug-likeness (QED) is 0.518. The molecule has 6 heteroatoms. The minimum atomic E-state index is -4.16. The molecular weight excluding hydrogens is 158 g/mol. The third-order valence-corrected chi connectivity index (χ3v) is 1.25. The molecule has 0 bridgehead atoms. The molecule has 0 heterocycles. The molecule has 0 aromatic heterocycles. The molecule has 0 atom stereocenters. The van der Waals surface area contributed by atoms with E-state index in [-0.39, 0.29) is 0 Å². The third-order valence-electron chi connectivity index (χ3n) is 0.833. The summed E-state index contributed by atoms with van der Waals surface area (Å²) in [4.78, 5) is 0. The molecule has 0 aromatic carbocycles. The maximum atomic E-state index is 9.33. The molecule has 0 saturated heterocycles. The van der Waals surface area contributed by atoms with Crippen LogP contribution in [0.5, 0.6) is 0 Å². The summed E-state index contributed by atoms with van der Waals surface area (Å²) in [5.41, 5.74) is 5.22. The molecule has 0 unspecified atom stereocenters. The van der Waals surface area contributed by atoms with Gasteiger partial charge in [0.05, 0.1) is 7.11 Å². The first kappa shape index (κ1) is 9.83. The Morgan fingerprint density at radius 2 is 1.80 bits per heavy atom. The smallest absolute Gasteiger partial charge is 0.328 e. The third kappa shape index (κ3) is 10.7. The summed E-state index contributed by atoms with van der Waals surface area (Å²) < 4.78 is 29.7. The molecule has 1 saturated carbocycles. The van der Waals surface area contributed by atoms with E-state index in [0.717, 1.165) is 7.11 Å². The molecule has 3 N–H and O–H groups in total. The second-order valence-electron chi connectivity index (χ2n) is 1.93. The number of rotatable bonds is 1. The molecule has 1 aliphatic rings. The van der Waals surface area contributed by atoms with Gasteiger partial charge in [-0.3, -0.25) is 8.74 Å². The van der Waals surface area contributed by atoms with Crippen LogP contribution in [0.3, 0.4) is 0 Å². The zero-order valence-corrected chi connectivity index (χ0v) is 6.47. The zero-order valence-electron chi connectivity index (χ0n) is 5.65. The molecule has 5 nitrogen and oxygen atoms in total. The maximum absolute atomic E-state index is 9.33. The van der Waals surface area contributed by atoms with Gasteiger partial charge in [-0.15, -0.1) is 0 Å². The second-order valence-corrected chi connectivity index (χ2v) is 3.12. The van der Waals surface area contributed by atoms with Crippen molar-refractivity contribution < 1.29 is 17.2 Å². The Hall–Kier alpha value is -0.170. The summed E-state index contributed by atoms with van der Waals surface area (Å²) in [6.45, 7) is 0. The maximum Gasteiger partial charge on any atom is 0.397 e. The van der Waals surface area contributed by atoms with Crippen molar-refractivity contribution in [1.82, 2.24) is 0 Å². The fourth-order valence-corrected chi connectivity index (χ4v) is 0.0962. The van der Waals surface area contributed by atoms with E-state index < -0.39 is 10.4 Å². The minimum absolute atomic E-state index is 0.583. The first-order valence-corrected chi connectivity index (χ1v) is 4.11. The fourth-order valence-electron chi connectivity index (χ4n) is 0.0962. The van der Waals surface area contributed by atoms with Gasteiger partial charge in [0.25, 0.3) is 0 Å². The summed E-state index contributed by atoms with van der Waals surface area (Å²) in [5.74, 6) is 0. The topological polar surface area (TPSA) is 89.6 Å². The van der Waals surface area contributed by atoms with E-state index in [1.54, 1.807) is 0 Å². The van der Waals surface area contributed by atoms with Crippen molar-refractivity contribution in [3.05, 3.63) is 0 Å². The predicted molar refractivity (Wildman–Crippen MR) is 35.8 cm³/mol. The van der Waals surface area contributed by atoms with Gasteiger partial charge >= 0.3 is 10.4 Å². The van der Waals surface area contributed by atoms with E-state index >= 15 is 0 Å². The van der Waals surface area contributed by atoms with Crippen molar-refractivity contribution in [2.75, 3.05) is 7.11 Å². The monoisotopic (exact) mass is 169 g/mol. The van der Waals surface area contributed by atoms with Gasteiger partial charge in [-0.2, -0.15) is 8.42 Å². The normalized spacial score (nSPS) is 17.5. The second kappa shape index (κ2) is 3.87. The Morgan fingerprint density at radius 1 is 1.60 bits per heavy atom.